The molecule has 1 N–H and O–H groups in total. The molecule has 0 unspecified atom stereocenters. The van der Waals surface area contributed by atoms with Gasteiger partial charge in [0.25, 0.3) is 5.91 Å². The molecule has 1 aromatic carbocycles. The maximum Gasteiger partial charge on any atom is 0.276 e. The van der Waals surface area contributed by atoms with E-state index in [4.69, 9.17) is 27.9 Å². The molecule has 0 fully saturated rings. The van der Waals surface area contributed by atoms with Crippen molar-refractivity contribution in [1.82, 2.24) is 19.6 Å². The van der Waals surface area contributed by atoms with Crippen molar-refractivity contribution in [2.75, 3.05) is 5.32 Å². The van der Waals surface area contributed by atoms with Gasteiger partial charge in [-0.05, 0) is 31.2 Å². The molecule has 1 amide bonds. The largest absolute Gasteiger partial charge is 0.470 e. The summed E-state index contributed by atoms with van der Waals surface area (Å²) < 4.78 is 8.75. The number of carbonyl (C=O) groups excluding carboxylic acids is 1. The summed E-state index contributed by atoms with van der Waals surface area (Å²) in [6, 6.07) is 6.55. The number of hydrogen-bond donors (Lipinski definition) is 1. The highest BCUT2D eigenvalue weighted by Crippen LogP contribution is 2.27. The molecule has 0 atom stereocenters. The monoisotopic (exact) mass is 379 g/mol. The molecule has 0 aliphatic carbocycles. The Morgan fingerprint density at radius 3 is 2.80 bits per heavy atom. The van der Waals surface area contributed by atoms with E-state index in [2.05, 4.69) is 15.5 Å². The second-order valence-electron chi connectivity index (χ2n) is 5.31. The molecule has 2 heterocycles. The van der Waals surface area contributed by atoms with E-state index >= 15 is 0 Å². The predicted octanol–water partition coefficient (Wildman–Crippen LogP) is 3.52. The van der Waals surface area contributed by atoms with Crippen molar-refractivity contribution in [1.29, 1.82) is 0 Å². The molecule has 9 heteroatoms. The normalized spacial score (nSPS) is 10.7. The van der Waals surface area contributed by atoms with Crippen molar-refractivity contribution >= 4 is 34.8 Å². The zero-order valence-electron chi connectivity index (χ0n) is 13.5. The maximum absolute atomic E-state index is 12.3. The van der Waals surface area contributed by atoms with Gasteiger partial charge in [0.15, 0.2) is 12.4 Å². The minimum Gasteiger partial charge on any atom is -0.470 e. The van der Waals surface area contributed by atoms with Gasteiger partial charge in [-0.15, -0.1) is 0 Å². The zero-order chi connectivity index (χ0) is 18.0. The molecule has 7 nitrogen and oxygen atoms in total. The van der Waals surface area contributed by atoms with Crippen LogP contribution in [0.5, 0.6) is 5.75 Å². The van der Waals surface area contributed by atoms with Crippen molar-refractivity contribution in [2.24, 2.45) is 7.05 Å². The molecule has 0 aliphatic rings. The fraction of sp³-hybridized carbons (Fsp3) is 0.188. The number of rotatable bonds is 5. The Hall–Kier alpha value is -2.51. The quantitative estimate of drug-likeness (QED) is 0.735. The molecule has 0 radical (unpaired) electrons. The topological polar surface area (TPSA) is 74.0 Å². The van der Waals surface area contributed by atoms with Crippen molar-refractivity contribution in [3.05, 3.63) is 58.1 Å². The van der Waals surface area contributed by atoms with Crippen molar-refractivity contribution < 1.29 is 9.53 Å². The van der Waals surface area contributed by atoms with Crippen LogP contribution in [0.2, 0.25) is 10.0 Å². The molecule has 0 bridgehead atoms. The lowest BCUT2D eigenvalue weighted by Gasteiger charge is -2.08. The van der Waals surface area contributed by atoms with Gasteiger partial charge in [-0.25, -0.2) is 4.68 Å². The first-order valence-electron chi connectivity index (χ1n) is 7.35. The van der Waals surface area contributed by atoms with Crippen LogP contribution in [0.4, 0.5) is 5.69 Å². The first-order valence-corrected chi connectivity index (χ1v) is 8.11. The molecule has 0 saturated heterocycles. The number of aromatic nitrogens is 4. The number of nitrogens with one attached hydrogen (secondary N) is 1. The second kappa shape index (κ2) is 7.16. The smallest absolute Gasteiger partial charge is 0.276 e. The average molecular weight is 380 g/mol. The van der Waals surface area contributed by atoms with E-state index in [9.17, 15) is 4.79 Å². The number of halogens is 2. The Labute approximate surface area is 154 Å². The fourth-order valence-electron chi connectivity index (χ4n) is 2.09. The Bertz CT molecular complexity index is 919. The van der Waals surface area contributed by atoms with Crippen LogP contribution >= 0.6 is 23.2 Å². The summed E-state index contributed by atoms with van der Waals surface area (Å²) in [6.07, 6.45) is 3.24. The number of amides is 1. The van der Waals surface area contributed by atoms with Crippen molar-refractivity contribution in [3.8, 4) is 5.75 Å². The van der Waals surface area contributed by atoms with Crippen LogP contribution in [-0.4, -0.2) is 25.5 Å². The van der Waals surface area contributed by atoms with Gasteiger partial charge >= 0.3 is 0 Å². The van der Waals surface area contributed by atoms with Gasteiger partial charge in [-0.1, -0.05) is 23.2 Å². The van der Waals surface area contributed by atoms with E-state index < -0.39 is 0 Å². The summed E-state index contributed by atoms with van der Waals surface area (Å²) in [6.45, 7) is 1.98. The highest BCUT2D eigenvalue weighted by molar-refractivity contribution is 6.35. The third-order valence-electron chi connectivity index (χ3n) is 3.60. The lowest BCUT2D eigenvalue weighted by molar-refractivity contribution is 0.102. The second-order valence-corrected chi connectivity index (χ2v) is 6.15. The summed E-state index contributed by atoms with van der Waals surface area (Å²) in [5.41, 5.74) is 1.77. The Balaban J connectivity index is 1.63. The van der Waals surface area contributed by atoms with Crippen LogP contribution in [0, 0.1) is 6.92 Å². The number of anilines is 1. The summed E-state index contributed by atoms with van der Waals surface area (Å²) in [5, 5.41) is 12.0. The van der Waals surface area contributed by atoms with Crippen molar-refractivity contribution in [2.45, 2.75) is 13.7 Å². The van der Waals surface area contributed by atoms with E-state index in [0.29, 0.717) is 21.5 Å². The SMILES string of the molecule is Cc1c(NC(=O)c2ccn(COc3ccc(Cl)cc3Cl)n2)cnn1C. The zero-order valence-corrected chi connectivity index (χ0v) is 15.0. The lowest BCUT2D eigenvalue weighted by Crippen LogP contribution is -2.14. The predicted molar refractivity (Wildman–Crippen MR) is 95.2 cm³/mol. The van der Waals surface area contributed by atoms with E-state index in [1.54, 1.807) is 48.4 Å². The van der Waals surface area contributed by atoms with Crippen LogP contribution in [0.3, 0.4) is 0 Å². The number of hydrogen-bond acceptors (Lipinski definition) is 4. The molecule has 0 saturated carbocycles. The van der Waals surface area contributed by atoms with Crippen LogP contribution in [-0.2, 0) is 13.8 Å². The molecule has 3 aromatic rings. The minimum absolute atomic E-state index is 0.112. The highest BCUT2D eigenvalue weighted by Gasteiger charge is 2.13. The summed E-state index contributed by atoms with van der Waals surface area (Å²) in [4.78, 5) is 12.3. The molecular formula is C16H15Cl2N5O2. The number of aryl methyl sites for hydroxylation is 1. The summed E-state index contributed by atoms with van der Waals surface area (Å²) in [7, 11) is 1.80. The number of benzene rings is 1. The Kier molecular flexibility index (Phi) is 4.96. The molecule has 25 heavy (non-hydrogen) atoms. The molecular weight excluding hydrogens is 365 g/mol. The van der Waals surface area contributed by atoms with E-state index in [1.165, 1.54) is 4.68 Å². The van der Waals surface area contributed by atoms with Gasteiger partial charge in [0.1, 0.15) is 5.75 Å². The first kappa shape index (κ1) is 17.3. The molecule has 3 rings (SSSR count). The fourth-order valence-corrected chi connectivity index (χ4v) is 2.55. The highest BCUT2D eigenvalue weighted by atomic mass is 35.5. The number of carbonyl (C=O) groups is 1. The third-order valence-corrected chi connectivity index (χ3v) is 4.13. The summed E-state index contributed by atoms with van der Waals surface area (Å²) in [5.74, 6) is 0.165. The van der Waals surface area contributed by atoms with E-state index in [0.717, 1.165) is 5.69 Å². The van der Waals surface area contributed by atoms with Gasteiger partial charge < -0.3 is 10.1 Å². The third kappa shape index (κ3) is 3.94. The van der Waals surface area contributed by atoms with E-state index in [-0.39, 0.29) is 18.3 Å². The molecule has 2 aromatic heterocycles. The summed E-state index contributed by atoms with van der Waals surface area (Å²) >= 11 is 11.9. The minimum atomic E-state index is -0.320. The van der Waals surface area contributed by atoms with Crippen LogP contribution in [0.15, 0.2) is 36.7 Å². The molecule has 130 valence electrons. The lowest BCUT2D eigenvalue weighted by atomic mass is 10.3. The standard InChI is InChI=1S/C16H15Cl2N5O2/c1-10-14(8-19-22(10)2)20-16(24)13-5-6-23(21-13)9-25-15-4-3-11(17)7-12(15)18/h3-8H,9H2,1-2H3,(H,20,24). The van der Waals surface area contributed by atoms with Gasteiger partial charge in [-0.2, -0.15) is 10.2 Å². The van der Waals surface area contributed by atoms with Crippen LogP contribution in [0.25, 0.3) is 0 Å². The number of ether oxygens (including phenoxy) is 1. The van der Waals surface area contributed by atoms with Gasteiger partial charge in [0.2, 0.25) is 0 Å². The van der Waals surface area contributed by atoms with Gasteiger partial charge in [0.05, 0.1) is 22.6 Å². The van der Waals surface area contributed by atoms with Crippen molar-refractivity contribution in [3.63, 3.8) is 0 Å². The number of nitrogens with zero attached hydrogens (tertiary/aromatic N) is 4. The van der Waals surface area contributed by atoms with Gasteiger partial charge in [-0.3, -0.25) is 9.48 Å². The molecule has 0 spiro atoms. The van der Waals surface area contributed by atoms with Crippen LogP contribution < -0.4 is 10.1 Å². The van der Waals surface area contributed by atoms with Crippen LogP contribution in [0.1, 0.15) is 16.2 Å². The molecule has 0 aliphatic heterocycles. The van der Waals surface area contributed by atoms with Gasteiger partial charge in [0, 0.05) is 18.3 Å². The Morgan fingerprint density at radius 1 is 1.32 bits per heavy atom. The average Bonchev–Trinajstić information content (AvgIpc) is 3.16. The first-order chi connectivity index (χ1) is 11.9. The Morgan fingerprint density at radius 2 is 2.12 bits per heavy atom. The van der Waals surface area contributed by atoms with E-state index in [1.807, 2.05) is 6.92 Å². The maximum atomic E-state index is 12.3.